The van der Waals surface area contributed by atoms with Crippen LogP contribution in [-0.4, -0.2) is 53.2 Å². The number of nitrogens with one attached hydrogen (secondary N) is 1. The van der Waals surface area contributed by atoms with Crippen LogP contribution in [0.2, 0.25) is 0 Å². The van der Waals surface area contributed by atoms with Crippen LogP contribution < -0.4 is 5.32 Å². The minimum Gasteiger partial charge on any atom is -0.352 e. The fraction of sp³-hybridized carbons (Fsp3) is 0.550. The van der Waals surface area contributed by atoms with Gasteiger partial charge in [0.2, 0.25) is 0 Å². The molecule has 6 heteroatoms. The Kier molecular flexibility index (Phi) is 6.77. The second kappa shape index (κ2) is 8.83. The van der Waals surface area contributed by atoms with Crippen molar-refractivity contribution in [2.75, 3.05) is 19.6 Å². The lowest BCUT2D eigenvalue weighted by molar-refractivity contribution is -0.157. The number of carbonyl (C=O) groups is 3. The molecule has 1 aromatic carbocycles. The highest BCUT2D eigenvalue weighted by Crippen LogP contribution is 2.13. The molecule has 0 aromatic heterocycles. The van der Waals surface area contributed by atoms with Crippen LogP contribution in [0.4, 0.5) is 0 Å². The molecular weight excluding hydrogens is 330 g/mol. The molecule has 2 rings (SSSR count). The Morgan fingerprint density at radius 2 is 1.69 bits per heavy atom. The Labute approximate surface area is 155 Å². The van der Waals surface area contributed by atoms with Crippen LogP contribution in [0.3, 0.4) is 0 Å². The fourth-order valence-electron chi connectivity index (χ4n) is 2.89. The molecule has 26 heavy (non-hydrogen) atoms. The zero-order chi connectivity index (χ0) is 19.3. The van der Waals surface area contributed by atoms with E-state index in [1.165, 1.54) is 0 Å². The van der Waals surface area contributed by atoms with E-state index in [-0.39, 0.29) is 11.9 Å². The highest BCUT2D eigenvalue weighted by molar-refractivity contribution is 6.35. The van der Waals surface area contributed by atoms with Gasteiger partial charge < -0.3 is 15.1 Å². The van der Waals surface area contributed by atoms with Crippen LogP contribution in [0.5, 0.6) is 0 Å². The highest BCUT2D eigenvalue weighted by atomic mass is 16.2. The first kappa shape index (κ1) is 19.9. The van der Waals surface area contributed by atoms with Gasteiger partial charge >= 0.3 is 11.8 Å². The quantitative estimate of drug-likeness (QED) is 0.758. The van der Waals surface area contributed by atoms with Gasteiger partial charge in [-0.3, -0.25) is 14.4 Å². The number of hydrogen-bond acceptors (Lipinski definition) is 3. The average molecular weight is 359 g/mol. The Morgan fingerprint density at radius 3 is 2.27 bits per heavy atom. The lowest BCUT2D eigenvalue weighted by Crippen LogP contribution is -2.55. The third-order valence-corrected chi connectivity index (χ3v) is 4.56. The van der Waals surface area contributed by atoms with Crippen molar-refractivity contribution < 1.29 is 14.4 Å². The van der Waals surface area contributed by atoms with Gasteiger partial charge in [-0.2, -0.15) is 0 Å². The van der Waals surface area contributed by atoms with E-state index in [1.807, 2.05) is 26.0 Å². The van der Waals surface area contributed by atoms with E-state index < -0.39 is 11.8 Å². The summed E-state index contributed by atoms with van der Waals surface area (Å²) in [6.45, 7) is 10.2. The second-order valence-electron chi connectivity index (χ2n) is 7.45. The smallest absolute Gasteiger partial charge is 0.312 e. The summed E-state index contributed by atoms with van der Waals surface area (Å²) in [5.74, 6) is -0.434. The molecule has 1 aliphatic heterocycles. The van der Waals surface area contributed by atoms with E-state index >= 15 is 0 Å². The van der Waals surface area contributed by atoms with Gasteiger partial charge in [-0.1, -0.05) is 26.0 Å². The van der Waals surface area contributed by atoms with Crippen molar-refractivity contribution in [3.63, 3.8) is 0 Å². The summed E-state index contributed by atoms with van der Waals surface area (Å²) >= 11 is 0. The first-order valence-electron chi connectivity index (χ1n) is 9.26. The summed E-state index contributed by atoms with van der Waals surface area (Å²) in [6.07, 6.45) is 0.947. The lowest BCUT2D eigenvalue weighted by Gasteiger charge is -2.36. The van der Waals surface area contributed by atoms with Gasteiger partial charge in [0.25, 0.3) is 5.91 Å². The number of benzene rings is 1. The Hall–Kier alpha value is -2.37. The zero-order valence-electron chi connectivity index (χ0n) is 16.1. The summed E-state index contributed by atoms with van der Waals surface area (Å²) in [7, 11) is 0. The molecule has 0 radical (unpaired) electrons. The summed E-state index contributed by atoms with van der Waals surface area (Å²) in [4.78, 5) is 39.7. The molecule has 1 heterocycles. The average Bonchev–Trinajstić information content (AvgIpc) is 2.59. The maximum atomic E-state index is 12.3. The van der Waals surface area contributed by atoms with Gasteiger partial charge in [0.1, 0.15) is 0 Å². The van der Waals surface area contributed by atoms with Crippen LogP contribution in [-0.2, 0) is 16.1 Å². The fourth-order valence-corrected chi connectivity index (χ4v) is 2.89. The molecular formula is C20H29N3O3. The topological polar surface area (TPSA) is 69.7 Å². The normalized spacial score (nSPS) is 15.2. The summed E-state index contributed by atoms with van der Waals surface area (Å²) in [6, 6.07) is 7.23. The van der Waals surface area contributed by atoms with Crippen molar-refractivity contribution in [3.8, 4) is 0 Å². The largest absolute Gasteiger partial charge is 0.352 e. The van der Waals surface area contributed by atoms with E-state index in [0.29, 0.717) is 37.7 Å². The van der Waals surface area contributed by atoms with Crippen molar-refractivity contribution in [1.29, 1.82) is 0 Å². The third kappa shape index (κ3) is 5.07. The van der Waals surface area contributed by atoms with Gasteiger partial charge in [0, 0.05) is 37.8 Å². The lowest BCUT2D eigenvalue weighted by atomic mass is 10.1. The van der Waals surface area contributed by atoms with Gasteiger partial charge in [-0.25, -0.2) is 0 Å². The molecule has 0 spiro atoms. The van der Waals surface area contributed by atoms with E-state index in [4.69, 9.17) is 0 Å². The SMILES string of the molecule is CC(C)CCNC(=O)c1ccc(CN2CCN(C(C)C)C(=O)C2=O)cc1. The van der Waals surface area contributed by atoms with Gasteiger partial charge in [-0.15, -0.1) is 0 Å². The van der Waals surface area contributed by atoms with Crippen molar-refractivity contribution in [1.82, 2.24) is 15.1 Å². The van der Waals surface area contributed by atoms with Gasteiger partial charge in [0.05, 0.1) is 0 Å². The maximum absolute atomic E-state index is 12.3. The van der Waals surface area contributed by atoms with Gasteiger partial charge in [0.15, 0.2) is 0 Å². The number of nitrogens with zero attached hydrogens (tertiary/aromatic N) is 2. The van der Waals surface area contributed by atoms with Crippen LogP contribution >= 0.6 is 0 Å². The minimum absolute atomic E-state index is 0.0297. The molecule has 1 saturated heterocycles. The molecule has 1 N–H and O–H groups in total. The molecule has 1 aliphatic rings. The van der Waals surface area contributed by atoms with Crippen LogP contribution in [0.25, 0.3) is 0 Å². The van der Waals surface area contributed by atoms with E-state index in [0.717, 1.165) is 12.0 Å². The van der Waals surface area contributed by atoms with Crippen molar-refractivity contribution >= 4 is 17.7 Å². The number of piperazine rings is 1. The predicted molar refractivity (Wildman–Crippen MR) is 100 cm³/mol. The molecule has 1 aromatic rings. The molecule has 6 nitrogen and oxygen atoms in total. The number of hydrogen-bond donors (Lipinski definition) is 1. The summed E-state index contributed by atoms with van der Waals surface area (Å²) < 4.78 is 0. The maximum Gasteiger partial charge on any atom is 0.312 e. The minimum atomic E-state index is -0.458. The highest BCUT2D eigenvalue weighted by Gasteiger charge is 2.33. The Morgan fingerprint density at radius 1 is 1.04 bits per heavy atom. The van der Waals surface area contributed by atoms with Crippen LogP contribution in [0, 0.1) is 5.92 Å². The molecule has 0 unspecified atom stereocenters. The van der Waals surface area contributed by atoms with Gasteiger partial charge in [-0.05, 0) is 43.9 Å². The zero-order valence-corrected chi connectivity index (χ0v) is 16.1. The third-order valence-electron chi connectivity index (χ3n) is 4.56. The Balaban J connectivity index is 1.92. The monoisotopic (exact) mass is 359 g/mol. The first-order valence-corrected chi connectivity index (χ1v) is 9.26. The molecule has 142 valence electrons. The van der Waals surface area contributed by atoms with E-state index in [9.17, 15) is 14.4 Å². The molecule has 0 saturated carbocycles. The number of rotatable bonds is 7. The van der Waals surface area contributed by atoms with Crippen molar-refractivity contribution in [2.45, 2.75) is 46.7 Å². The molecule has 0 atom stereocenters. The molecule has 0 bridgehead atoms. The molecule has 0 aliphatic carbocycles. The van der Waals surface area contributed by atoms with E-state index in [1.54, 1.807) is 21.9 Å². The second-order valence-corrected chi connectivity index (χ2v) is 7.45. The van der Waals surface area contributed by atoms with Crippen LogP contribution in [0.15, 0.2) is 24.3 Å². The predicted octanol–water partition coefficient (Wildman–Crippen LogP) is 2.04. The van der Waals surface area contributed by atoms with E-state index in [2.05, 4.69) is 19.2 Å². The first-order chi connectivity index (χ1) is 12.3. The number of amides is 3. The summed E-state index contributed by atoms with van der Waals surface area (Å²) in [5.41, 5.74) is 1.51. The standard InChI is InChI=1S/C20H29N3O3/c1-14(2)9-10-21-18(24)17-7-5-16(6-8-17)13-22-11-12-23(15(3)4)20(26)19(22)25/h5-8,14-15H,9-13H2,1-4H3,(H,21,24). The molecule has 3 amide bonds. The van der Waals surface area contributed by atoms with Crippen LogP contribution in [0.1, 0.15) is 50.0 Å². The Bertz CT molecular complexity index is 653. The van der Waals surface area contributed by atoms with Crippen molar-refractivity contribution in [3.05, 3.63) is 35.4 Å². The summed E-state index contributed by atoms with van der Waals surface area (Å²) in [5, 5.41) is 2.91. The van der Waals surface area contributed by atoms with Crippen molar-refractivity contribution in [2.24, 2.45) is 5.92 Å². The number of carbonyl (C=O) groups excluding carboxylic acids is 3. The molecule has 1 fully saturated rings.